The number of amides is 3. The number of hydrogen-bond acceptors (Lipinski definition) is 7. The van der Waals surface area contributed by atoms with Gasteiger partial charge in [-0.25, -0.2) is 0 Å². The van der Waals surface area contributed by atoms with Gasteiger partial charge in [0.2, 0.25) is 5.91 Å². The standard InChI is InChI=1S/C31H36N6O5/c1-31(2,3)19-27(38)37-15-13-36(14-16-37)26-7-6-22(17-25(26)35-29(41)21-8-11-32-12-9-21)30(42)34-24(18-28(39)40)23-5-4-10-33-20-23/h4-12,17,20,24H,13-16,18-19H2,1-3H3,(H,34,42)(H,35,41)(H,39,40). The Morgan fingerprint density at radius 2 is 1.62 bits per heavy atom. The highest BCUT2D eigenvalue weighted by Crippen LogP contribution is 2.30. The minimum atomic E-state index is -1.06. The highest BCUT2D eigenvalue weighted by Gasteiger charge is 2.27. The van der Waals surface area contributed by atoms with Gasteiger partial charge in [0.15, 0.2) is 0 Å². The van der Waals surface area contributed by atoms with Crippen LogP contribution in [0.3, 0.4) is 0 Å². The number of carboxylic acid groups (broad SMARTS) is 1. The van der Waals surface area contributed by atoms with E-state index < -0.39 is 17.9 Å². The molecule has 3 N–H and O–H groups in total. The first-order chi connectivity index (χ1) is 20.0. The van der Waals surface area contributed by atoms with Gasteiger partial charge in [-0.05, 0) is 47.4 Å². The summed E-state index contributed by atoms with van der Waals surface area (Å²) in [6, 6.07) is 10.8. The van der Waals surface area contributed by atoms with Crippen LogP contribution in [0.2, 0.25) is 0 Å². The zero-order chi connectivity index (χ0) is 30.3. The van der Waals surface area contributed by atoms with Crippen molar-refractivity contribution in [2.24, 2.45) is 5.41 Å². The van der Waals surface area contributed by atoms with Crippen LogP contribution in [0, 0.1) is 5.41 Å². The maximum absolute atomic E-state index is 13.3. The van der Waals surface area contributed by atoms with Crippen molar-refractivity contribution < 1.29 is 24.3 Å². The molecule has 0 spiro atoms. The number of benzene rings is 1. The number of piperazine rings is 1. The van der Waals surface area contributed by atoms with E-state index in [2.05, 4.69) is 25.5 Å². The van der Waals surface area contributed by atoms with E-state index >= 15 is 0 Å². The molecule has 3 aromatic rings. The number of carboxylic acids is 1. The molecule has 1 fully saturated rings. The molecule has 4 rings (SSSR count). The van der Waals surface area contributed by atoms with Gasteiger partial charge in [-0.15, -0.1) is 0 Å². The molecular formula is C31H36N6O5. The Kier molecular flexibility index (Phi) is 9.51. The minimum Gasteiger partial charge on any atom is -0.481 e. The van der Waals surface area contributed by atoms with Crippen molar-refractivity contribution in [1.82, 2.24) is 20.2 Å². The molecule has 1 aliphatic heterocycles. The van der Waals surface area contributed by atoms with Gasteiger partial charge < -0.3 is 25.5 Å². The molecule has 42 heavy (non-hydrogen) atoms. The zero-order valence-electron chi connectivity index (χ0n) is 24.0. The molecule has 11 heteroatoms. The van der Waals surface area contributed by atoms with E-state index in [4.69, 9.17) is 0 Å². The fourth-order valence-corrected chi connectivity index (χ4v) is 4.76. The summed E-state index contributed by atoms with van der Waals surface area (Å²) in [5.74, 6) is -1.81. The van der Waals surface area contributed by atoms with Crippen LogP contribution in [0.4, 0.5) is 11.4 Å². The molecule has 11 nitrogen and oxygen atoms in total. The molecule has 1 saturated heterocycles. The third-order valence-electron chi connectivity index (χ3n) is 6.87. The van der Waals surface area contributed by atoms with Crippen LogP contribution in [-0.4, -0.2) is 69.8 Å². The van der Waals surface area contributed by atoms with E-state index in [1.165, 1.54) is 18.6 Å². The number of aromatic nitrogens is 2. The SMILES string of the molecule is CC(C)(C)CC(=O)N1CCN(c2ccc(C(=O)NC(CC(=O)O)c3cccnc3)cc2NC(=O)c2ccncc2)CC1. The molecule has 0 saturated carbocycles. The number of pyridine rings is 2. The maximum Gasteiger partial charge on any atom is 0.305 e. The molecule has 1 unspecified atom stereocenters. The van der Waals surface area contributed by atoms with Crippen LogP contribution in [0.25, 0.3) is 0 Å². The monoisotopic (exact) mass is 572 g/mol. The van der Waals surface area contributed by atoms with E-state index in [0.29, 0.717) is 55.1 Å². The van der Waals surface area contributed by atoms with Crippen LogP contribution in [0.15, 0.2) is 67.3 Å². The Labute approximate surface area is 245 Å². The zero-order valence-corrected chi connectivity index (χ0v) is 24.0. The summed E-state index contributed by atoms with van der Waals surface area (Å²) in [4.78, 5) is 62.7. The molecule has 0 radical (unpaired) electrons. The molecule has 3 heterocycles. The lowest BCUT2D eigenvalue weighted by atomic mass is 9.91. The van der Waals surface area contributed by atoms with Gasteiger partial charge >= 0.3 is 5.97 Å². The van der Waals surface area contributed by atoms with Gasteiger partial charge in [0.25, 0.3) is 11.8 Å². The maximum atomic E-state index is 13.3. The predicted molar refractivity (Wildman–Crippen MR) is 158 cm³/mol. The lowest BCUT2D eigenvalue weighted by Gasteiger charge is -2.38. The van der Waals surface area contributed by atoms with Crippen LogP contribution in [0.1, 0.15) is 65.9 Å². The van der Waals surface area contributed by atoms with Crippen molar-refractivity contribution >= 4 is 35.1 Å². The Bertz CT molecular complexity index is 1420. The largest absolute Gasteiger partial charge is 0.481 e. The Balaban J connectivity index is 1.57. The first-order valence-corrected chi connectivity index (χ1v) is 13.8. The number of aliphatic carboxylic acids is 1. The number of hydrogen-bond donors (Lipinski definition) is 3. The molecule has 1 aliphatic rings. The van der Waals surface area contributed by atoms with Crippen LogP contribution in [0.5, 0.6) is 0 Å². The lowest BCUT2D eigenvalue weighted by Crippen LogP contribution is -2.49. The molecule has 1 aromatic carbocycles. The average Bonchev–Trinajstić information content (AvgIpc) is 2.96. The first kappa shape index (κ1) is 30.2. The molecule has 0 bridgehead atoms. The predicted octanol–water partition coefficient (Wildman–Crippen LogP) is 3.76. The molecular weight excluding hydrogens is 536 g/mol. The summed E-state index contributed by atoms with van der Waals surface area (Å²) in [5.41, 5.74) is 2.26. The van der Waals surface area contributed by atoms with E-state index in [-0.39, 0.29) is 29.2 Å². The van der Waals surface area contributed by atoms with Gasteiger partial charge in [0.1, 0.15) is 0 Å². The number of rotatable bonds is 9. The van der Waals surface area contributed by atoms with Crippen molar-refractivity contribution in [1.29, 1.82) is 0 Å². The third-order valence-corrected chi connectivity index (χ3v) is 6.87. The second kappa shape index (κ2) is 13.2. The van der Waals surface area contributed by atoms with Gasteiger partial charge in [0, 0.05) is 68.5 Å². The van der Waals surface area contributed by atoms with E-state index in [1.54, 1.807) is 48.7 Å². The van der Waals surface area contributed by atoms with Crippen molar-refractivity contribution in [3.8, 4) is 0 Å². The smallest absolute Gasteiger partial charge is 0.305 e. The third kappa shape index (κ3) is 8.12. The molecule has 0 aliphatic carbocycles. The summed E-state index contributed by atoms with van der Waals surface area (Å²) >= 11 is 0. The highest BCUT2D eigenvalue weighted by atomic mass is 16.4. The van der Waals surface area contributed by atoms with E-state index in [0.717, 1.165) is 0 Å². The Morgan fingerprint density at radius 3 is 2.24 bits per heavy atom. The van der Waals surface area contributed by atoms with Gasteiger partial charge in [-0.3, -0.25) is 29.1 Å². The van der Waals surface area contributed by atoms with E-state index in [9.17, 15) is 24.3 Å². The number of nitrogens with zero attached hydrogens (tertiary/aromatic N) is 4. The fraction of sp³-hybridized carbons (Fsp3) is 0.355. The second-order valence-electron chi connectivity index (χ2n) is 11.4. The summed E-state index contributed by atoms with van der Waals surface area (Å²) in [5, 5.41) is 15.1. The summed E-state index contributed by atoms with van der Waals surface area (Å²) in [7, 11) is 0. The van der Waals surface area contributed by atoms with E-state index in [1.807, 2.05) is 25.7 Å². The van der Waals surface area contributed by atoms with Gasteiger partial charge in [0.05, 0.1) is 23.8 Å². The minimum absolute atomic E-state index is 0.102. The quantitative estimate of drug-likeness (QED) is 0.352. The number of carbonyl (C=O) groups is 4. The van der Waals surface area contributed by atoms with Gasteiger partial charge in [-0.2, -0.15) is 0 Å². The number of carbonyl (C=O) groups excluding carboxylic acids is 3. The molecule has 1 atom stereocenters. The topological polar surface area (TPSA) is 145 Å². The van der Waals surface area contributed by atoms with Crippen LogP contribution in [-0.2, 0) is 9.59 Å². The summed E-state index contributed by atoms with van der Waals surface area (Å²) < 4.78 is 0. The number of nitrogens with one attached hydrogen (secondary N) is 2. The van der Waals surface area contributed by atoms with Gasteiger partial charge in [-0.1, -0.05) is 26.8 Å². The van der Waals surface area contributed by atoms with Crippen molar-refractivity contribution in [2.75, 3.05) is 36.4 Å². The van der Waals surface area contributed by atoms with Crippen molar-refractivity contribution in [2.45, 2.75) is 39.7 Å². The summed E-state index contributed by atoms with van der Waals surface area (Å²) in [6.45, 7) is 8.31. The van der Waals surface area contributed by atoms with Crippen molar-refractivity contribution in [3.05, 3.63) is 83.9 Å². The Hall–Kier alpha value is -4.80. The summed E-state index contributed by atoms with van der Waals surface area (Å²) in [6.07, 6.45) is 6.28. The molecule has 2 aromatic heterocycles. The Morgan fingerprint density at radius 1 is 0.905 bits per heavy atom. The number of anilines is 2. The molecule has 220 valence electrons. The average molecular weight is 573 g/mol. The fourth-order valence-electron chi connectivity index (χ4n) is 4.76. The highest BCUT2D eigenvalue weighted by molar-refractivity contribution is 6.07. The van der Waals surface area contributed by atoms with Crippen molar-refractivity contribution in [3.63, 3.8) is 0 Å². The first-order valence-electron chi connectivity index (χ1n) is 13.8. The second-order valence-corrected chi connectivity index (χ2v) is 11.4. The lowest BCUT2D eigenvalue weighted by molar-refractivity contribution is -0.137. The van der Waals surface area contributed by atoms with Crippen LogP contribution >= 0.6 is 0 Å². The van der Waals surface area contributed by atoms with Crippen LogP contribution < -0.4 is 15.5 Å². The normalized spacial score (nSPS) is 14.2. The molecule has 3 amide bonds.